The molecule has 2 fully saturated rings. The fourth-order valence-electron chi connectivity index (χ4n) is 4.34. The zero-order valence-corrected chi connectivity index (χ0v) is 13.9. The van der Waals surface area contributed by atoms with Crippen molar-refractivity contribution in [1.29, 1.82) is 0 Å². The van der Waals surface area contributed by atoms with Crippen LogP contribution >= 0.6 is 0 Å². The van der Waals surface area contributed by atoms with Crippen LogP contribution in [0.1, 0.15) is 44.7 Å². The summed E-state index contributed by atoms with van der Waals surface area (Å²) in [5.74, 6) is 1.58. The van der Waals surface area contributed by atoms with Crippen LogP contribution < -0.4 is 11.2 Å². The van der Waals surface area contributed by atoms with Crippen molar-refractivity contribution in [3.63, 3.8) is 0 Å². The Balaban J connectivity index is 1.87. The number of nitrogens with zero attached hydrogens (tertiary/aromatic N) is 3. The molecular formula is C17H27N3O2. The van der Waals surface area contributed by atoms with Crippen LogP contribution in [0.2, 0.25) is 0 Å². The Hall–Kier alpha value is -1.36. The molecule has 2 heterocycles. The predicted molar refractivity (Wildman–Crippen MR) is 86.9 cm³/mol. The molecular weight excluding hydrogens is 278 g/mol. The second-order valence-electron chi connectivity index (χ2n) is 7.13. The first-order valence-corrected chi connectivity index (χ1v) is 8.49. The minimum atomic E-state index is -0.229. The molecule has 1 saturated heterocycles. The first-order chi connectivity index (χ1) is 10.5. The number of hydrogen-bond donors (Lipinski definition) is 0. The summed E-state index contributed by atoms with van der Waals surface area (Å²) >= 11 is 0. The van der Waals surface area contributed by atoms with Crippen LogP contribution in [0.25, 0.3) is 0 Å². The maximum atomic E-state index is 12.1. The molecule has 0 bridgehead atoms. The largest absolute Gasteiger partial charge is 0.330 e. The Bertz CT molecular complexity index is 661. The van der Waals surface area contributed by atoms with Gasteiger partial charge in [0.1, 0.15) is 0 Å². The van der Waals surface area contributed by atoms with Crippen molar-refractivity contribution in [2.24, 2.45) is 25.9 Å². The number of likely N-dealkylation sites (tertiary alicyclic amines) is 1. The van der Waals surface area contributed by atoms with Gasteiger partial charge in [-0.05, 0) is 37.6 Å². The summed E-state index contributed by atoms with van der Waals surface area (Å²) < 4.78 is 2.79. The number of hydrogen-bond acceptors (Lipinski definition) is 3. The molecule has 0 N–H and O–H groups in total. The SMILES string of the molecule is C[C@@H]1CCN(Cc2cc(=O)n(C)c(=O)n2C)[C@H]2CCCC[C@H]12. The van der Waals surface area contributed by atoms with Crippen molar-refractivity contribution >= 4 is 0 Å². The molecule has 0 aromatic carbocycles. The van der Waals surface area contributed by atoms with Gasteiger partial charge >= 0.3 is 5.69 Å². The lowest BCUT2D eigenvalue weighted by Gasteiger charge is -2.47. The topological polar surface area (TPSA) is 47.2 Å². The fraction of sp³-hybridized carbons (Fsp3) is 0.765. The van der Waals surface area contributed by atoms with E-state index in [1.165, 1.54) is 43.7 Å². The summed E-state index contributed by atoms with van der Waals surface area (Å²) in [6.07, 6.45) is 6.47. The zero-order valence-electron chi connectivity index (χ0n) is 13.9. The number of aromatic nitrogens is 2. The fourth-order valence-corrected chi connectivity index (χ4v) is 4.34. The van der Waals surface area contributed by atoms with E-state index in [2.05, 4.69) is 11.8 Å². The maximum absolute atomic E-state index is 12.1. The van der Waals surface area contributed by atoms with E-state index >= 15 is 0 Å². The van der Waals surface area contributed by atoms with Crippen molar-refractivity contribution in [3.05, 3.63) is 32.6 Å². The number of rotatable bonds is 2. The summed E-state index contributed by atoms with van der Waals surface area (Å²) in [4.78, 5) is 26.5. The normalized spacial score (nSPS) is 29.3. The molecule has 0 spiro atoms. The average Bonchev–Trinajstić information content (AvgIpc) is 2.53. The number of fused-ring (bicyclic) bond motifs is 1. The predicted octanol–water partition coefficient (Wildman–Crippen LogP) is 1.48. The molecule has 3 rings (SSSR count). The van der Waals surface area contributed by atoms with Crippen LogP contribution in [0.5, 0.6) is 0 Å². The van der Waals surface area contributed by atoms with Crippen molar-refractivity contribution in [3.8, 4) is 0 Å². The summed E-state index contributed by atoms with van der Waals surface area (Å²) in [6, 6.07) is 2.24. The van der Waals surface area contributed by atoms with E-state index in [0.717, 1.165) is 30.6 Å². The lowest BCUT2D eigenvalue weighted by molar-refractivity contribution is 0.0188. The van der Waals surface area contributed by atoms with Gasteiger partial charge in [0.05, 0.1) is 0 Å². The molecule has 1 saturated carbocycles. The molecule has 1 aliphatic carbocycles. The van der Waals surface area contributed by atoms with Crippen LogP contribution in [-0.2, 0) is 20.6 Å². The maximum Gasteiger partial charge on any atom is 0.330 e. The summed E-state index contributed by atoms with van der Waals surface area (Å²) in [5.41, 5.74) is 0.406. The molecule has 0 amide bonds. The highest BCUT2D eigenvalue weighted by Gasteiger charge is 2.37. The Morgan fingerprint density at radius 2 is 1.82 bits per heavy atom. The van der Waals surface area contributed by atoms with Gasteiger partial charge in [-0.2, -0.15) is 0 Å². The first kappa shape index (κ1) is 15.5. The Morgan fingerprint density at radius 3 is 2.59 bits per heavy atom. The lowest BCUT2D eigenvalue weighted by Crippen LogP contribution is -2.50. The monoisotopic (exact) mass is 305 g/mol. The van der Waals surface area contributed by atoms with Gasteiger partial charge in [-0.3, -0.25) is 18.8 Å². The summed E-state index contributed by atoms with van der Waals surface area (Å²) in [7, 11) is 3.30. The third kappa shape index (κ3) is 2.67. The van der Waals surface area contributed by atoms with Crippen molar-refractivity contribution in [2.45, 2.75) is 51.6 Å². The molecule has 5 nitrogen and oxygen atoms in total. The van der Waals surface area contributed by atoms with E-state index in [1.54, 1.807) is 17.7 Å². The van der Waals surface area contributed by atoms with Gasteiger partial charge in [-0.25, -0.2) is 4.79 Å². The van der Waals surface area contributed by atoms with Gasteiger partial charge in [0.15, 0.2) is 0 Å². The molecule has 1 aliphatic heterocycles. The highest BCUT2D eigenvalue weighted by molar-refractivity contribution is 5.04. The van der Waals surface area contributed by atoms with Gasteiger partial charge in [0.25, 0.3) is 5.56 Å². The second-order valence-corrected chi connectivity index (χ2v) is 7.13. The second kappa shape index (κ2) is 6.03. The van der Waals surface area contributed by atoms with E-state index < -0.39 is 0 Å². The minimum Gasteiger partial charge on any atom is -0.299 e. The van der Waals surface area contributed by atoms with Gasteiger partial charge in [-0.1, -0.05) is 19.8 Å². The first-order valence-electron chi connectivity index (χ1n) is 8.49. The summed E-state index contributed by atoms with van der Waals surface area (Å²) in [5, 5.41) is 0. The van der Waals surface area contributed by atoms with Gasteiger partial charge in [0.2, 0.25) is 0 Å². The average molecular weight is 305 g/mol. The molecule has 22 heavy (non-hydrogen) atoms. The zero-order chi connectivity index (χ0) is 15.9. The molecule has 5 heteroatoms. The van der Waals surface area contributed by atoms with Crippen LogP contribution in [-0.4, -0.2) is 26.6 Å². The minimum absolute atomic E-state index is 0.205. The highest BCUT2D eigenvalue weighted by atomic mass is 16.2. The van der Waals surface area contributed by atoms with E-state index in [1.807, 2.05) is 0 Å². The standard InChI is InChI=1S/C17H27N3O2/c1-12-8-9-20(15-7-5-4-6-14(12)15)11-13-10-16(21)19(3)17(22)18(13)2/h10,12,14-15H,4-9,11H2,1-3H3/t12-,14-,15+/m1/s1. The number of piperidine rings is 1. The molecule has 3 atom stereocenters. The van der Waals surface area contributed by atoms with Crippen LogP contribution in [0.3, 0.4) is 0 Å². The summed E-state index contributed by atoms with van der Waals surface area (Å²) in [6.45, 7) is 4.18. The molecule has 2 aliphatic rings. The third-order valence-corrected chi connectivity index (χ3v) is 5.84. The van der Waals surface area contributed by atoms with Crippen molar-refractivity contribution in [1.82, 2.24) is 14.0 Å². The molecule has 122 valence electrons. The van der Waals surface area contributed by atoms with Crippen LogP contribution in [0, 0.1) is 11.8 Å². The van der Waals surface area contributed by atoms with Crippen molar-refractivity contribution in [2.75, 3.05) is 6.54 Å². The lowest BCUT2D eigenvalue weighted by atomic mass is 9.72. The van der Waals surface area contributed by atoms with E-state index in [4.69, 9.17) is 0 Å². The van der Waals surface area contributed by atoms with Crippen LogP contribution in [0.15, 0.2) is 15.7 Å². The highest BCUT2D eigenvalue weighted by Crippen LogP contribution is 2.39. The van der Waals surface area contributed by atoms with Gasteiger partial charge in [-0.15, -0.1) is 0 Å². The smallest absolute Gasteiger partial charge is 0.299 e. The van der Waals surface area contributed by atoms with E-state index in [0.29, 0.717) is 6.04 Å². The Morgan fingerprint density at radius 1 is 1.09 bits per heavy atom. The van der Waals surface area contributed by atoms with E-state index in [-0.39, 0.29) is 11.2 Å². The van der Waals surface area contributed by atoms with E-state index in [9.17, 15) is 9.59 Å². The Labute approximate surface area is 131 Å². The van der Waals surface area contributed by atoms with Gasteiger partial charge in [0, 0.05) is 38.4 Å². The van der Waals surface area contributed by atoms with Crippen molar-refractivity contribution < 1.29 is 0 Å². The van der Waals surface area contributed by atoms with Gasteiger partial charge < -0.3 is 0 Å². The molecule has 0 radical (unpaired) electrons. The molecule has 1 aromatic heterocycles. The van der Waals surface area contributed by atoms with Crippen LogP contribution in [0.4, 0.5) is 0 Å². The third-order valence-electron chi connectivity index (χ3n) is 5.84. The Kier molecular flexibility index (Phi) is 4.26. The molecule has 0 unspecified atom stereocenters. The quantitative estimate of drug-likeness (QED) is 0.831. The molecule has 1 aromatic rings.